The number of nitrogens with one attached hydrogen (secondary N) is 5. The Labute approximate surface area is 295 Å². The molecule has 0 amide bonds. The lowest BCUT2D eigenvalue weighted by atomic mass is 10.2. The van der Waals surface area contributed by atoms with Gasteiger partial charge in [-0.3, -0.25) is 45.0 Å². The van der Waals surface area contributed by atoms with E-state index < -0.39 is 58.4 Å². The number of nitro groups is 4. The summed E-state index contributed by atoms with van der Waals surface area (Å²) in [4.78, 5) is 85.0. The molecule has 3 aromatic carbocycles. The standard InChI is InChI=1S/C7H3ClN4O4.C7H4N4O5.C7H6N2O.Cl3OP.HNO3/c8-7-9-3-1-5(11(13)14)6(12(15)16)2-4(3)10-7;12-7-8-3-1-5(10(13)14)6(11(15)16)2-4(3)9-7;10-7-8-5-3-1-2-4-6(5)9-7;1-5(2,3)4;2-1(3)4/h1-2H,(H,9,10);1-2H,(H2,8,9,12);1-4H,(H2,8,9,10);;(H,2,3,4). The Morgan fingerprint density at radius 2 is 0.882 bits per heavy atom. The van der Waals surface area contributed by atoms with E-state index in [1.54, 1.807) is 0 Å². The lowest BCUT2D eigenvalue weighted by Gasteiger charge is -1.94. The van der Waals surface area contributed by atoms with Crippen molar-refractivity contribution in [3.63, 3.8) is 0 Å². The van der Waals surface area contributed by atoms with E-state index in [1.165, 1.54) is 0 Å². The molecule has 0 saturated carbocycles. The summed E-state index contributed by atoms with van der Waals surface area (Å²) in [5.74, 6) is 0. The monoisotopic (exact) mass is 815 g/mol. The van der Waals surface area contributed by atoms with Crippen LogP contribution in [0.3, 0.4) is 0 Å². The van der Waals surface area contributed by atoms with Crippen LogP contribution in [0, 0.1) is 50.6 Å². The molecular weight excluding hydrogens is 803 g/mol. The summed E-state index contributed by atoms with van der Waals surface area (Å²) in [6.07, 6.45) is 0. The molecule has 0 spiro atoms. The maximum atomic E-state index is 10.9. The highest BCUT2D eigenvalue weighted by Crippen LogP contribution is 2.61. The minimum Gasteiger partial charge on any atom is -0.328 e. The van der Waals surface area contributed by atoms with Gasteiger partial charge in [0.2, 0.25) is 5.28 Å². The van der Waals surface area contributed by atoms with Crippen LogP contribution in [0.5, 0.6) is 0 Å². The molecule has 3 aromatic heterocycles. The first-order valence-electron chi connectivity index (χ1n) is 12.3. The maximum Gasteiger partial charge on any atom is 0.348 e. The number of hydrogen-bond acceptors (Lipinski definition) is 14. The third kappa shape index (κ3) is 13.0. The molecule has 0 aliphatic rings. The van der Waals surface area contributed by atoms with Gasteiger partial charge in [-0.1, -0.05) is 12.1 Å². The Balaban J connectivity index is 0.000000241. The fourth-order valence-corrected chi connectivity index (χ4v) is 3.82. The normalized spacial score (nSPS) is 10.3. The molecule has 0 aliphatic heterocycles. The number of benzene rings is 3. The van der Waals surface area contributed by atoms with Crippen LogP contribution in [0.15, 0.2) is 58.1 Å². The zero-order valence-corrected chi connectivity index (χ0v) is 27.9. The third-order valence-corrected chi connectivity index (χ3v) is 5.55. The SMILES string of the molecule is O=P(Cl)(Cl)Cl.O=[N+]([O-])O.O=[N+]([O-])c1cc2nc(Cl)[nH]c2cc1[N+](=O)[O-].O=c1[nH]c2cc([N+](=O)[O-])c([N+](=O)[O-])cc2[nH]1.O=c1[nH]c2ccccc2[nH]1. The quantitative estimate of drug-likeness (QED) is 0.0672. The van der Waals surface area contributed by atoms with Crippen molar-refractivity contribution in [2.45, 2.75) is 0 Å². The molecule has 51 heavy (non-hydrogen) atoms. The molecular formula is C21H14Cl4N11O14P. The molecule has 0 unspecified atom stereocenters. The lowest BCUT2D eigenvalue weighted by Crippen LogP contribution is -1.99. The zero-order valence-electron chi connectivity index (χ0n) is 24.0. The van der Waals surface area contributed by atoms with Crippen LogP contribution in [0.25, 0.3) is 33.1 Å². The second kappa shape index (κ2) is 17.5. The van der Waals surface area contributed by atoms with E-state index in [0.717, 1.165) is 35.3 Å². The molecule has 3 heterocycles. The van der Waals surface area contributed by atoms with Crippen molar-refractivity contribution < 1.29 is 34.6 Å². The maximum absolute atomic E-state index is 10.9. The average molecular weight is 817 g/mol. The number of para-hydroxylation sites is 2. The van der Waals surface area contributed by atoms with Crippen molar-refractivity contribution in [1.29, 1.82) is 0 Å². The smallest absolute Gasteiger partial charge is 0.328 e. The summed E-state index contributed by atoms with van der Waals surface area (Å²) in [5, 5.41) is 52.8. The van der Waals surface area contributed by atoms with Gasteiger partial charge in [0, 0.05) is 18.2 Å². The van der Waals surface area contributed by atoms with Crippen LogP contribution in [0.1, 0.15) is 0 Å². The van der Waals surface area contributed by atoms with Crippen LogP contribution in [-0.2, 0) is 4.57 Å². The van der Waals surface area contributed by atoms with Gasteiger partial charge in [-0.15, -0.1) is 10.1 Å². The molecule has 0 atom stereocenters. The number of imidazole rings is 3. The van der Waals surface area contributed by atoms with Crippen LogP contribution in [0.4, 0.5) is 22.7 Å². The summed E-state index contributed by atoms with van der Waals surface area (Å²) >= 11 is 19.4. The lowest BCUT2D eigenvalue weighted by molar-refractivity contribution is -0.742. The van der Waals surface area contributed by atoms with E-state index in [-0.39, 0.29) is 33.0 Å². The predicted octanol–water partition coefficient (Wildman–Crippen LogP) is 6.02. The number of aromatic amines is 5. The molecule has 0 saturated heterocycles. The second-order valence-electron chi connectivity index (χ2n) is 8.64. The Morgan fingerprint density at radius 1 is 0.588 bits per heavy atom. The van der Waals surface area contributed by atoms with Gasteiger partial charge in [0.15, 0.2) is 0 Å². The highest BCUT2D eigenvalue weighted by Gasteiger charge is 2.26. The molecule has 270 valence electrons. The minimum atomic E-state index is -3.22. The molecule has 30 heteroatoms. The van der Waals surface area contributed by atoms with Crippen LogP contribution in [0.2, 0.25) is 5.28 Å². The zero-order chi connectivity index (χ0) is 38.8. The minimum absolute atomic E-state index is 0.0183. The van der Waals surface area contributed by atoms with E-state index in [4.69, 9.17) is 26.9 Å². The van der Waals surface area contributed by atoms with Gasteiger partial charge in [0.05, 0.1) is 58.9 Å². The number of hydrogen-bond donors (Lipinski definition) is 6. The Morgan fingerprint density at radius 3 is 1.22 bits per heavy atom. The van der Waals surface area contributed by atoms with E-state index in [9.17, 15) is 54.6 Å². The van der Waals surface area contributed by atoms with E-state index >= 15 is 0 Å². The number of fused-ring (bicyclic) bond motifs is 3. The van der Waals surface area contributed by atoms with E-state index in [2.05, 4.69) is 63.6 Å². The second-order valence-corrected chi connectivity index (χ2v) is 15.6. The fraction of sp³-hybridized carbons (Fsp3) is 0. The van der Waals surface area contributed by atoms with Crippen molar-refractivity contribution in [3.8, 4) is 0 Å². The first-order chi connectivity index (χ1) is 23.6. The van der Waals surface area contributed by atoms with Gasteiger partial charge in [0.25, 0.3) is 5.09 Å². The van der Waals surface area contributed by atoms with Crippen molar-refractivity contribution >= 4 is 106 Å². The summed E-state index contributed by atoms with van der Waals surface area (Å²) in [7, 11) is 0. The van der Waals surface area contributed by atoms with Crippen molar-refractivity contribution in [2.24, 2.45) is 0 Å². The Hall–Kier alpha value is -6.14. The first-order valence-corrected chi connectivity index (χ1v) is 17.1. The third-order valence-electron chi connectivity index (χ3n) is 5.37. The van der Waals surface area contributed by atoms with Gasteiger partial charge >= 0.3 is 39.3 Å². The molecule has 6 aromatic rings. The van der Waals surface area contributed by atoms with Crippen LogP contribution in [-0.4, -0.2) is 59.9 Å². The number of nitrogens with zero attached hydrogens (tertiary/aromatic N) is 6. The number of nitro benzene ring substituents is 4. The summed E-state index contributed by atoms with van der Waals surface area (Å²) in [6, 6.07) is 11.4. The van der Waals surface area contributed by atoms with Crippen LogP contribution < -0.4 is 11.4 Å². The Kier molecular flexibility index (Phi) is 14.1. The molecule has 0 radical (unpaired) electrons. The molecule has 0 aliphatic carbocycles. The number of H-pyrrole nitrogens is 5. The number of halogens is 4. The van der Waals surface area contributed by atoms with Crippen molar-refractivity contribution in [2.75, 3.05) is 0 Å². The summed E-state index contributed by atoms with van der Waals surface area (Å²) in [6.45, 7) is 0. The first kappa shape index (κ1) is 41.0. The van der Waals surface area contributed by atoms with Crippen LogP contribution >= 0.6 is 50.5 Å². The van der Waals surface area contributed by atoms with Gasteiger partial charge in [-0.2, -0.15) is 0 Å². The van der Waals surface area contributed by atoms with E-state index in [1.807, 2.05) is 24.3 Å². The largest absolute Gasteiger partial charge is 0.348 e. The van der Waals surface area contributed by atoms with Gasteiger partial charge in [-0.25, -0.2) is 14.6 Å². The Bertz CT molecular complexity index is 2280. The molecule has 0 fully saturated rings. The number of rotatable bonds is 4. The molecule has 25 nitrogen and oxygen atoms in total. The molecule has 6 rings (SSSR count). The molecule has 6 N–H and O–H groups in total. The van der Waals surface area contributed by atoms with E-state index in [0.29, 0.717) is 0 Å². The van der Waals surface area contributed by atoms with Crippen molar-refractivity contribution in [3.05, 3.63) is 125 Å². The number of aromatic nitrogens is 6. The van der Waals surface area contributed by atoms with Gasteiger partial charge < -0.3 is 30.1 Å². The summed E-state index contributed by atoms with van der Waals surface area (Å²) in [5.41, 5.74) is -0.751. The van der Waals surface area contributed by atoms with Gasteiger partial charge in [0.1, 0.15) is 0 Å². The van der Waals surface area contributed by atoms with Gasteiger partial charge in [-0.05, 0) is 57.5 Å². The average Bonchev–Trinajstić information content (AvgIpc) is 3.67. The molecule has 0 bridgehead atoms. The fourth-order valence-electron chi connectivity index (χ4n) is 3.62. The topological polar surface area (TPSA) is 379 Å². The summed E-state index contributed by atoms with van der Waals surface area (Å²) < 4.78 is 9.51. The highest BCUT2D eigenvalue weighted by molar-refractivity contribution is 8.24. The highest BCUT2D eigenvalue weighted by atomic mass is 36.0. The predicted molar refractivity (Wildman–Crippen MR) is 180 cm³/mol. The van der Waals surface area contributed by atoms with Crippen molar-refractivity contribution in [1.82, 2.24) is 29.9 Å².